The molecule has 146 valence electrons. The number of benzene rings is 2. The van der Waals surface area contributed by atoms with Gasteiger partial charge in [0.1, 0.15) is 17.2 Å². The maximum absolute atomic E-state index is 12.8. The minimum atomic E-state index is -0.161. The van der Waals surface area contributed by atoms with Crippen molar-refractivity contribution >= 4 is 11.9 Å². The summed E-state index contributed by atoms with van der Waals surface area (Å²) in [7, 11) is 1.61. The van der Waals surface area contributed by atoms with Gasteiger partial charge in [0, 0.05) is 6.54 Å². The molecule has 0 amide bonds. The van der Waals surface area contributed by atoms with Crippen molar-refractivity contribution in [2.24, 2.45) is 5.92 Å². The molecule has 0 aliphatic carbocycles. The van der Waals surface area contributed by atoms with Crippen LogP contribution in [-0.4, -0.2) is 36.0 Å². The highest BCUT2D eigenvalue weighted by atomic mass is 16.5. The Hall–Kier alpha value is -2.79. The van der Waals surface area contributed by atoms with Crippen LogP contribution >= 0.6 is 0 Å². The second-order valence-electron chi connectivity index (χ2n) is 7.61. The second kappa shape index (κ2) is 7.68. The number of ether oxygens (including phenoxy) is 2. The fraction of sp³-hybridized carbons (Fsp3) is 0.348. The predicted octanol–water partition coefficient (Wildman–Crippen LogP) is 4.25. The Kier molecular flexibility index (Phi) is 5.09. The van der Waals surface area contributed by atoms with Gasteiger partial charge in [0.05, 0.1) is 18.2 Å². The van der Waals surface area contributed by atoms with Crippen LogP contribution < -0.4 is 9.47 Å². The molecule has 0 aromatic heterocycles. The number of carbonyl (C=O) groups is 1. The summed E-state index contributed by atoms with van der Waals surface area (Å²) in [6, 6.07) is 10.7. The summed E-state index contributed by atoms with van der Waals surface area (Å²) in [6.45, 7) is 4.84. The van der Waals surface area contributed by atoms with Gasteiger partial charge in [-0.25, -0.2) is 0 Å². The third-order valence-electron chi connectivity index (χ3n) is 5.57. The van der Waals surface area contributed by atoms with Crippen LogP contribution in [0.1, 0.15) is 41.3 Å². The van der Waals surface area contributed by atoms with E-state index in [2.05, 4.69) is 11.8 Å². The van der Waals surface area contributed by atoms with Crippen molar-refractivity contribution in [3.63, 3.8) is 0 Å². The number of phenolic OH excluding ortho intramolecular Hbond substituents is 1. The highest BCUT2D eigenvalue weighted by Crippen LogP contribution is 2.40. The minimum Gasteiger partial charge on any atom is -0.507 e. The van der Waals surface area contributed by atoms with Gasteiger partial charge in [-0.15, -0.1) is 0 Å². The Balaban J connectivity index is 1.62. The second-order valence-corrected chi connectivity index (χ2v) is 7.61. The van der Waals surface area contributed by atoms with E-state index in [0.29, 0.717) is 23.4 Å². The van der Waals surface area contributed by atoms with Gasteiger partial charge in [-0.05, 0) is 67.8 Å². The average molecular weight is 379 g/mol. The Labute approximate surface area is 165 Å². The average Bonchev–Trinajstić information content (AvgIpc) is 3.01. The lowest BCUT2D eigenvalue weighted by Gasteiger charge is -2.30. The lowest BCUT2D eigenvalue weighted by molar-refractivity contribution is 0.101. The van der Waals surface area contributed by atoms with Crippen molar-refractivity contribution in [1.29, 1.82) is 0 Å². The summed E-state index contributed by atoms with van der Waals surface area (Å²) in [4.78, 5) is 15.1. The number of carbonyl (C=O) groups excluding carboxylic acids is 1. The van der Waals surface area contributed by atoms with Gasteiger partial charge in [0.15, 0.2) is 5.76 Å². The number of ketones is 1. The number of piperidine rings is 1. The molecule has 0 bridgehead atoms. The van der Waals surface area contributed by atoms with Crippen LogP contribution in [-0.2, 0) is 6.54 Å². The molecule has 2 heterocycles. The largest absolute Gasteiger partial charge is 0.507 e. The van der Waals surface area contributed by atoms with E-state index in [4.69, 9.17) is 9.47 Å². The number of nitrogens with zero attached hydrogens (tertiary/aromatic N) is 1. The van der Waals surface area contributed by atoms with E-state index >= 15 is 0 Å². The molecule has 2 aliphatic heterocycles. The van der Waals surface area contributed by atoms with E-state index in [1.165, 1.54) is 0 Å². The van der Waals surface area contributed by atoms with Crippen LogP contribution in [0.3, 0.4) is 0 Å². The van der Waals surface area contributed by atoms with Crippen molar-refractivity contribution in [2.75, 3.05) is 20.2 Å². The van der Waals surface area contributed by atoms with E-state index in [-0.39, 0.29) is 17.3 Å². The standard InChI is InChI=1S/C23H25NO4/c1-15-8-10-24(11-9-15)14-19-20(25)7-6-18-22(26)21(28-23(18)19)13-16-4-3-5-17(12-16)27-2/h3-7,12-13,15,25H,8-11,14H2,1-2H3. The molecular formula is C23H25NO4. The summed E-state index contributed by atoms with van der Waals surface area (Å²) in [5.41, 5.74) is 2.02. The minimum absolute atomic E-state index is 0.161. The van der Waals surface area contributed by atoms with Crippen LogP contribution in [0.15, 0.2) is 42.2 Å². The molecule has 1 fully saturated rings. The maximum Gasteiger partial charge on any atom is 0.231 e. The van der Waals surface area contributed by atoms with Crippen LogP contribution in [0.2, 0.25) is 0 Å². The van der Waals surface area contributed by atoms with Crippen LogP contribution in [0.5, 0.6) is 17.2 Å². The number of aromatic hydroxyl groups is 1. The van der Waals surface area contributed by atoms with Gasteiger partial charge in [-0.1, -0.05) is 19.1 Å². The van der Waals surface area contributed by atoms with Gasteiger partial charge in [-0.2, -0.15) is 0 Å². The van der Waals surface area contributed by atoms with Crippen molar-refractivity contribution in [1.82, 2.24) is 4.90 Å². The van der Waals surface area contributed by atoms with Crippen LogP contribution in [0.4, 0.5) is 0 Å². The number of methoxy groups -OCH3 is 1. The summed E-state index contributed by atoms with van der Waals surface area (Å²) in [5.74, 6) is 2.22. The predicted molar refractivity (Wildman–Crippen MR) is 108 cm³/mol. The molecule has 0 radical (unpaired) electrons. The van der Waals surface area contributed by atoms with Crippen molar-refractivity contribution in [2.45, 2.75) is 26.3 Å². The third kappa shape index (κ3) is 3.62. The number of phenols is 1. The number of Topliss-reactive ketones (excluding diaryl/α,β-unsaturated/α-hetero) is 1. The molecule has 2 aromatic carbocycles. The molecule has 1 saturated heterocycles. The summed E-state index contributed by atoms with van der Waals surface area (Å²) in [6.07, 6.45) is 4.02. The van der Waals surface area contributed by atoms with E-state index in [1.807, 2.05) is 24.3 Å². The van der Waals surface area contributed by atoms with Gasteiger partial charge in [0.25, 0.3) is 0 Å². The van der Waals surface area contributed by atoms with E-state index in [9.17, 15) is 9.90 Å². The molecule has 0 atom stereocenters. The summed E-state index contributed by atoms with van der Waals surface area (Å²) in [5, 5.41) is 10.4. The molecular weight excluding hydrogens is 354 g/mol. The van der Waals surface area contributed by atoms with Gasteiger partial charge in [-0.3, -0.25) is 9.69 Å². The molecule has 2 aliphatic rings. The van der Waals surface area contributed by atoms with Crippen LogP contribution in [0, 0.1) is 5.92 Å². The molecule has 2 aromatic rings. The van der Waals surface area contributed by atoms with E-state index in [1.54, 1.807) is 25.3 Å². The Morgan fingerprint density at radius 1 is 1.25 bits per heavy atom. The quantitative estimate of drug-likeness (QED) is 0.805. The normalized spacial score (nSPS) is 18.9. The Morgan fingerprint density at radius 3 is 2.79 bits per heavy atom. The Morgan fingerprint density at radius 2 is 2.04 bits per heavy atom. The molecule has 0 unspecified atom stereocenters. The molecule has 5 nitrogen and oxygen atoms in total. The van der Waals surface area contributed by atoms with Gasteiger partial charge < -0.3 is 14.6 Å². The fourth-order valence-corrected chi connectivity index (χ4v) is 3.78. The number of rotatable bonds is 4. The topological polar surface area (TPSA) is 59.0 Å². The molecule has 5 heteroatoms. The first-order valence-corrected chi connectivity index (χ1v) is 9.70. The van der Waals surface area contributed by atoms with Crippen molar-refractivity contribution in [3.05, 3.63) is 58.8 Å². The first-order chi connectivity index (χ1) is 13.5. The monoisotopic (exact) mass is 379 g/mol. The SMILES string of the molecule is COc1cccc(C=C2Oc3c(ccc(O)c3CN3CCC(C)CC3)C2=O)c1. The number of likely N-dealkylation sites (tertiary alicyclic amines) is 1. The maximum atomic E-state index is 12.8. The highest BCUT2D eigenvalue weighted by molar-refractivity contribution is 6.15. The summed E-state index contributed by atoms with van der Waals surface area (Å²) >= 11 is 0. The highest BCUT2D eigenvalue weighted by Gasteiger charge is 2.32. The molecule has 1 N–H and O–H groups in total. The number of hydrogen-bond donors (Lipinski definition) is 1. The third-order valence-corrected chi connectivity index (χ3v) is 5.57. The van der Waals surface area contributed by atoms with E-state index < -0.39 is 0 Å². The molecule has 0 spiro atoms. The number of hydrogen-bond acceptors (Lipinski definition) is 5. The zero-order valence-electron chi connectivity index (χ0n) is 16.3. The van der Waals surface area contributed by atoms with Gasteiger partial charge in [0.2, 0.25) is 5.78 Å². The van der Waals surface area contributed by atoms with Crippen molar-refractivity contribution < 1.29 is 19.4 Å². The lowest BCUT2D eigenvalue weighted by atomic mass is 9.98. The number of allylic oxidation sites excluding steroid dienone is 1. The zero-order chi connectivity index (χ0) is 19.7. The zero-order valence-corrected chi connectivity index (χ0v) is 16.3. The molecule has 0 saturated carbocycles. The molecule has 4 rings (SSSR count). The number of fused-ring (bicyclic) bond motifs is 1. The first kappa shape index (κ1) is 18.6. The molecule has 28 heavy (non-hydrogen) atoms. The Bertz CT molecular complexity index is 926. The van der Waals surface area contributed by atoms with Crippen molar-refractivity contribution in [3.8, 4) is 17.2 Å². The van der Waals surface area contributed by atoms with Gasteiger partial charge >= 0.3 is 0 Å². The van der Waals surface area contributed by atoms with E-state index in [0.717, 1.165) is 43.2 Å². The fourth-order valence-electron chi connectivity index (χ4n) is 3.78. The first-order valence-electron chi connectivity index (χ1n) is 9.70. The van der Waals surface area contributed by atoms with Crippen LogP contribution in [0.25, 0.3) is 6.08 Å². The smallest absolute Gasteiger partial charge is 0.231 e. The lowest BCUT2D eigenvalue weighted by Crippen LogP contribution is -2.32. The summed E-state index contributed by atoms with van der Waals surface area (Å²) < 4.78 is 11.2.